The summed E-state index contributed by atoms with van der Waals surface area (Å²) in [6.45, 7) is 7.26. The van der Waals surface area contributed by atoms with Crippen LogP contribution >= 0.6 is 0 Å². The number of nitriles is 1. The van der Waals surface area contributed by atoms with E-state index in [9.17, 15) is 9.59 Å². The highest BCUT2D eigenvalue weighted by molar-refractivity contribution is 5.76. The molecule has 1 aliphatic rings. The van der Waals surface area contributed by atoms with Gasteiger partial charge in [-0.25, -0.2) is 0 Å². The number of piperidine rings is 1. The van der Waals surface area contributed by atoms with Crippen molar-refractivity contribution in [3.63, 3.8) is 0 Å². The van der Waals surface area contributed by atoms with E-state index in [0.717, 1.165) is 31.6 Å². The summed E-state index contributed by atoms with van der Waals surface area (Å²) in [5, 5.41) is 9.07. The molecule has 112 valence electrons. The fourth-order valence-corrected chi connectivity index (χ4v) is 2.75. The first-order valence-corrected chi connectivity index (χ1v) is 7.33. The Labute approximate surface area is 124 Å². The molecule has 0 spiro atoms. The van der Waals surface area contributed by atoms with Gasteiger partial charge in [-0.3, -0.25) is 9.59 Å². The molecule has 21 heavy (non-hydrogen) atoms. The van der Waals surface area contributed by atoms with Crippen LogP contribution in [0.15, 0.2) is 10.9 Å². The molecule has 1 fully saturated rings. The molecule has 1 aliphatic heterocycles. The van der Waals surface area contributed by atoms with E-state index >= 15 is 0 Å². The molecule has 0 bridgehead atoms. The number of carbonyl (C=O) groups is 1. The minimum Gasteiger partial charge on any atom is -0.341 e. The van der Waals surface area contributed by atoms with Gasteiger partial charge in [0.05, 0.1) is 0 Å². The predicted molar refractivity (Wildman–Crippen MR) is 79.9 cm³/mol. The second-order valence-electron chi connectivity index (χ2n) is 5.91. The fraction of sp³-hybridized carbons (Fsp3) is 0.562. The number of pyridine rings is 1. The first kappa shape index (κ1) is 15.3. The van der Waals surface area contributed by atoms with E-state index < -0.39 is 0 Å². The summed E-state index contributed by atoms with van der Waals surface area (Å²) in [5.74, 6) is 0.614. The molecule has 5 heteroatoms. The Bertz CT molecular complexity index is 647. The van der Waals surface area contributed by atoms with Crippen molar-refractivity contribution in [2.45, 2.75) is 40.2 Å². The van der Waals surface area contributed by atoms with Gasteiger partial charge in [0.25, 0.3) is 5.56 Å². The Kier molecular flexibility index (Phi) is 4.46. The van der Waals surface area contributed by atoms with E-state index in [0.29, 0.717) is 11.5 Å². The highest BCUT2D eigenvalue weighted by Crippen LogP contribution is 2.16. The van der Waals surface area contributed by atoms with Crippen LogP contribution in [0.4, 0.5) is 0 Å². The Morgan fingerprint density at radius 3 is 2.57 bits per heavy atom. The summed E-state index contributed by atoms with van der Waals surface area (Å²) >= 11 is 0. The van der Waals surface area contributed by atoms with Gasteiger partial charge in [-0.1, -0.05) is 6.92 Å². The largest absolute Gasteiger partial charge is 0.341 e. The maximum atomic E-state index is 12.3. The third kappa shape index (κ3) is 3.15. The second kappa shape index (κ2) is 6.13. The summed E-state index contributed by atoms with van der Waals surface area (Å²) in [4.78, 5) is 26.4. The molecule has 1 amide bonds. The minimum absolute atomic E-state index is 0.0218. The zero-order valence-electron chi connectivity index (χ0n) is 12.8. The van der Waals surface area contributed by atoms with Crippen LogP contribution in [0.1, 0.15) is 36.6 Å². The van der Waals surface area contributed by atoms with E-state index in [2.05, 4.69) is 6.92 Å². The summed E-state index contributed by atoms with van der Waals surface area (Å²) in [7, 11) is 0. The topological polar surface area (TPSA) is 66.1 Å². The number of aryl methyl sites for hydroxylation is 2. The lowest BCUT2D eigenvalue weighted by Gasteiger charge is -2.30. The number of likely N-dealkylation sites (tertiary alicyclic amines) is 1. The zero-order chi connectivity index (χ0) is 15.6. The molecule has 1 aromatic rings. The maximum Gasteiger partial charge on any atom is 0.269 e. The molecular formula is C16H21N3O2. The van der Waals surface area contributed by atoms with Crippen LogP contribution in [0.2, 0.25) is 0 Å². The molecule has 2 rings (SSSR count). The zero-order valence-corrected chi connectivity index (χ0v) is 12.8. The van der Waals surface area contributed by atoms with Crippen molar-refractivity contribution in [1.29, 1.82) is 5.26 Å². The number of hydrogen-bond acceptors (Lipinski definition) is 3. The quantitative estimate of drug-likeness (QED) is 0.829. The molecule has 1 aromatic heterocycles. The molecule has 2 heterocycles. The molecule has 0 aromatic carbocycles. The van der Waals surface area contributed by atoms with Crippen molar-refractivity contribution in [3.8, 4) is 6.07 Å². The average Bonchev–Trinajstić information content (AvgIpc) is 2.44. The highest BCUT2D eigenvalue weighted by atomic mass is 16.2. The number of carbonyl (C=O) groups excluding carboxylic acids is 1. The number of amides is 1. The first-order chi connectivity index (χ1) is 9.93. The van der Waals surface area contributed by atoms with E-state index in [-0.39, 0.29) is 23.6 Å². The van der Waals surface area contributed by atoms with Gasteiger partial charge in [-0.2, -0.15) is 5.26 Å². The van der Waals surface area contributed by atoms with Gasteiger partial charge in [0.2, 0.25) is 5.91 Å². The highest BCUT2D eigenvalue weighted by Gasteiger charge is 2.21. The molecule has 0 radical (unpaired) electrons. The molecule has 0 atom stereocenters. The normalized spacial score (nSPS) is 15.8. The van der Waals surface area contributed by atoms with Gasteiger partial charge in [0, 0.05) is 18.8 Å². The number of nitrogens with zero attached hydrogens (tertiary/aromatic N) is 3. The van der Waals surface area contributed by atoms with Crippen LogP contribution in [0.5, 0.6) is 0 Å². The third-order valence-electron chi connectivity index (χ3n) is 4.25. The van der Waals surface area contributed by atoms with Crippen molar-refractivity contribution in [2.75, 3.05) is 13.1 Å². The van der Waals surface area contributed by atoms with Crippen molar-refractivity contribution in [1.82, 2.24) is 9.47 Å². The Morgan fingerprint density at radius 1 is 1.38 bits per heavy atom. The predicted octanol–water partition coefficient (Wildman–Crippen LogP) is 1.60. The Morgan fingerprint density at radius 2 is 2.00 bits per heavy atom. The molecule has 0 N–H and O–H groups in total. The van der Waals surface area contributed by atoms with Crippen LogP contribution in [0.25, 0.3) is 0 Å². The van der Waals surface area contributed by atoms with E-state index in [4.69, 9.17) is 5.26 Å². The number of aromatic nitrogens is 1. The lowest BCUT2D eigenvalue weighted by molar-refractivity contribution is -0.133. The lowest BCUT2D eigenvalue weighted by Crippen LogP contribution is -2.41. The van der Waals surface area contributed by atoms with E-state index in [1.165, 1.54) is 4.57 Å². The summed E-state index contributed by atoms with van der Waals surface area (Å²) < 4.78 is 1.41. The van der Waals surface area contributed by atoms with Crippen molar-refractivity contribution in [3.05, 3.63) is 33.2 Å². The van der Waals surface area contributed by atoms with Gasteiger partial charge >= 0.3 is 0 Å². The van der Waals surface area contributed by atoms with Gasteiger partial charge in [-0.05, 0) is 44.2 Å². The molecule has 0 unspecified atom stereocenters. The molecule has 5 nitrogen and oxygen atoms in total. The van der Waals surface area contributed by atoms with Crippen LogP contribution in [0.3, 0.4) is 0 Å². The van der Waals surface area contributed by atoms with E-state index in [1.54, 1.807) is 19.9 Å². The number of hydrogen-bond donors (Lipinski definition) is 0. The minimum atomic E-state index is -0.367. The molecule has 0 saturated carbocycles. The van der Waals surface area contributed by atoms with Crippen LogP contribution in [0, 0.1) is 31.1 Å². The number of rotatable bonds is 2. The van der Waals surface area contributed by atoms with Gasteiger partial charge in [-0.15, -0.1) is 0 Å². The molecule has 1 saturated heterocycles. The van der Waals surface area contributed by atoms with Crippen molar-refractivity contribution >= 4 is 5.91 Å². The van der Waals surface area contributed by atoms with Crippen molar-refractivity contribution in [2.24, 2.45) is 5.92 Å². The average molecular weight is 287 g/mol. The summed E-state index contributed by atoms with van der Waals surface area (Å²) in [6.07, 6.45) is 2.02. The smallest absolute Gasteiger partial charge is 0.269 e. The maximum absolute atomic E-state index is 12.3. The fourth-order valence-electron chi connectivity index (χ4n) is 2.75. The summed E-state index contributed by atoms with van der Waals surface area (Å²) in [6, 6.07) is 3.71. The van der Waals surface area contributed by atoms with Gasteiger partial charge in [0.15, 0.2) is 0 Å². The standard InChI is InChI=1S/C16H21N3O2/c1-11-4-6-18(7-5-11)15(20)10-19-13(3)8-12(2)14(9-17)16(19)21/h8,11H,4-7,10H2,1-3H3. The summed E-state index contributed by atoms with van der Waals surface area (Å²) in [5.41, 5.74) is 1.14. The Hall–Kier alpha value is -2.09. The molecular weight excluding hydrogens is 266 g/mol. The lowest BCUT2D eigenvalue weighted by atomic mass is 9.99. The Balaban J connectivity index is 2.22. The van der Waals surface area contributed by atoms with E-state index in [1.807, 2.05) is 11.0 Å². The monoisotopic (exact) mass is 287 g/mol. The third-order valence-corrected chi connectivity index (χ3v) is 4.25. The van der Waals surface area contributed by atoms with Crippen LogP contribution in [-0.2, 0) is 11.3 Å². The SMILES string of the molecule is Cc1cc(C)n(CC(=O)N2CCC(C)CC2)c(=O)c1C#N. The van der Waals surface area contributed by atoms with Crippen LogP contribution in [-0.4, -0.2) is 28.5 Å². The second-order valence-corrected chi connectivity index (χ2v) is 5.91. The van der Waals surface area contributed by atoms with Gasteiger partial charge < -0.3 is 9.47 Å². The van der Waals surface area contributed by atoms with Gasteiger partial charge in [0.1, 0.15) is 18.2 Å². The van der Waals surface area contributed by atoms with Crippen molar-refractivity contribution < 1.29 is 4.79 Å². The molecule has 0 aliphatic carbocycles. The van der Waals surface area contributed by atoms with Crippen LogP contribution < -0.4 is 5.56 Å². The first-order valence-electron chi connectivity index (χ1n) is 7.33.